The highest BCUT2D eigenvalue weighted by Crippen LogP contribution is 2.28. The second kappa shape index (κ2) is 6.55. The molecule has 4 heteroatoms. The molecule has 1 aliphatic heterocycles. The minimum absolute atomic E-state index is 0.0232. The van der Waals surface area contributed by atoms with Gasteiger partial charge < -0.3 is 15.5 Å². The normalized spacial score (nSPS) is 18.6. The summed E-state index contributed by atoms with van der Waals surface area (Å²) in [6, 6.07) is 5.97. The summed E-state index contributed by atoms with van der Waals surface area (Å²) in [6.07, 6.45) is 2.85. The smallest absolute Gasteiger partial charge is 0.128 e. The maximum atomic E-state index is 14.1. The highest BCUT2D eigenvalue weighted by molar-refractivity contribution is 5.55. The van der Waals surface area contributed by atoms with Gasteiger partial charge >= 0.3 is 0 Å². The van der Waals surface area contributed by atoms with Crippen molar-refractivity contribution in [2.75, 3.05) is 32.1 Å². The zero-order chi connectivity index (χ0) is 14.7. The molecule has 1 atom stereocenters. The molecule has 1 aromatic rings. The molecule has 1 unspecified atom stereocenters. The second-order valence-electron chi connectivity index (χ2n) is 6.10. The van der Waals surface area contributed by atoms with Crippen LogP contribution in [-0.4, -0.2) is 44.2 Å². The molecular weight excluding hydrogens is 253 g/mol. The molecule has 0 radical (unpaired) electrons. The Bertz CT molecular complexity index is 437. The van der Waals surface area contributed by atoms with Crippen molar-refractivity contribution in [3.05, 3.63) is 29.6 Å². The van der Waals surface area contributed by atoms with Crippen molar-refractivity contribution in [2.24, 2.45) is 5.73 Å². The van der Waals surface area contributed by atoms with Crippen molar-refractivity contribution in [1.29, 1.82) is 0 Å². The average Bonchev–Trinajstić information content (AvgIpc) is 2.41. The van der Waals surface area contributed by atoms with Crippen LogP contribution in [0, 0.1) is 5.82 Å². The van der Waals surface area contributed by atoms with Crippen LogP contribution in [0.1, 0.15) is 25.3 Å². The lowest BCUT2D eigenvalue weighted by Gasteiger charge is -2.37. The first-order valence-corrected chi connectivity index (χ1v) is 7.43. The summed E-state index contributed by atoms with van der Waals surface area (Å²) < 4.78 is 14.1. The van der Waals surface area contributed by atoms with E-state index in [1.807, 2.05) is 13.0 Å². The highest BCUT2D eigenvalue weighted by Gasteiger charge is 2.23. The highest BCUT2D eigenvalue weighted by atomic mass is 19.1. The maximum absolute atomic E-state index is 14.1. The van der Waals surface area contributed by atoms with Crippen LogP contribution in [0.3, 0.4) is 0 Å². The summed E-state index contributed by atoms with van der Waals surface area (Å²) in [5, 5.41) is 0. The van der Waals surface area contributed by atoms with Crippen LogP contribution in [0.4, 0.5) is 10.1 Å². The number of benzene rings is 1. The van der Waals surface area contributed by atoms with Gasteiger partial charge in [-0.25, -0.2) is 4.39 Å². The Balaban J connectivity index is 2.15. The number of piperidine rings is 1. The first-order valence-electron chi connectivity index (χ1n) is 7.43. The van der Waals surface area contributed by atoms with Gasteiger partial charge in [0.2, 0.25) is 0 Å². The molecule has 1 aliphatic rings. The summed E-state index contributed by atoms with van der Waals surface area (Å²) in [4.78, 5) is 4.59. The first-order chi connectivity index (χ1) is 9.49. The van der Waals surface area contributed by atoms with Crippen LogP contribution < -0.4 is 10.6 Å². The first kappa shape index (κ1) is 15.3. The molecule has 1 fully saturated rings. The van der Waals surface area contributed by atoms with E-state index >= 15 is 0 Å². The van der Waals surface area contributed by atoms with Gasteiger partial charge in [-0.1, -0.05) is 6.07 Å². The van der Waals surface area contributed by atoms with Crippen LogP contribution >= 0.6 is 0 Å². The fourth-order valence-corrected chi connectivity index (χ4v) is 2.99. The third-order valence-electron chi connectivity index (χ3n) is 4.16. The molecule has 2 rings (SSSR count). The molecule has 0 spiro atoms. The topological polar surface area (TPSA) is 32.5 Å². The van der Waals surface area contributed by atoms with Crippen molar-refractivity contribution in [2.45, 2.75) is 38.3 Å². The summed E-state index contributed by atoms with van der Waals surface area (Å²) >= 11 is 0. The summed E-state index contributed by atoms with van der Waals surface area (Å²) in [6.45, 7) is 3.89. The van der Waals surface area contributed by atoms with Crippen LogP contribution in [0.5, 0.6) is 0 Å². The van der Waals surface area contributed by atoms with Gasteiger partial charge in [-0.3, -0.25) is 0 Å². The van der Waals surface area contributed by atoms with Gasteiger partial charge in [-0.15, -0.1) is 0 Å². The van der Waals surface area contributed by atoms with Crippen molar-refractivity contribution >= 4 is 5.69 Å². The fourth-order valence-electron chi connectivity index (χ4n) is 2.99. The van der Waals surface area contributed by atoms with Crippen molar-refractivity contribution in [1.82, 2.24) is 4.90 Å². The number of anilines is 1. The molecule has 3 nitrogen and oxygen atoms in total. The Morgan fingerprint density at radius 3 is 2.55 bits per heavy atom. The average molecular weight is 279 g/mol. The lowest BCUT2D eigenvalue weighted by molar-refractivity contribution is 0.249. The fraction of sp³-hybridized carbons (Fsp3) is 0.625. The molecule has 0 aromatic heterocycles. The van der Waals surface area contributed by atoms with Crippen molar-refractivity contribution < 1.29 is 4.39 Å². The van der Waals surface area contributed by atoms with Gasteiger partial charge in [0.05, 0.1) is 0 Å². The van der Waals surface area contributed by atoms with Gasteiger partial charge in [-0.05, 0) is 52.4 Å². The molecule has 1 aromatic carbocycles. The van der Waals surface area contributed by atoms with Crippen LogP contribution in [0.2, 0.25) is 0 Å². The third kappa shape index (κ3) is 3.49. The van der Waals surface area contributed by atoms with Gasteiger partial charge in [-0.2, -0.15) is 0 Å². The quantitative estimate of drug-likeness (QED) is 0.917. The van der Waals surface area contributed by atoms with Crippen LogP contribution in [0.15, 0.2) is 18.2 Å². The maximum Gasteiger partial charge on any atom is 0.128 e. The molecule has 0 amide bonds. The summed E-state index contributed by atoms with van der Waals surface area (Å²) in [5.41, 5.74) is 7.66. The van der Waals surface area contributed by atoms with E-state index < -0.39 is 0 Å². The van der Waals surface area contributed by atoms with E-state index in [4.69, 9.17) is 5.73 Å². The molecule has 112 valence electrons. The number of nitrogens with two attached hydrogens (primary N) is 1. The van der Waals surface area contributed by atoms with E-state index in [1.54, 1.807) is 6.07 Å². The monoisotopic (exact) mass is 279 g/mol. The standard InChI is InChI=1S/C16H26FN3/c1-12(18)11-14-15(17)5-4-6-16(14)20-9-7-13(8-10-20)19(2)3/h4-6,12-13H,7-11,18H2,1-3H3. The molecular formula is C16H26FN3. The summed E-state index contributed by atoms with van der Waals surface area (Å²) in [7, 11) is 4.26. The minimum Gasteiger partial charge on any atom is -0.371 e. The Morgan fingerprint density at radius 2 is 2.00 bits per heavy atom. The van der Waals surface area contributed by atoms with Crippen molar-refractivity contribution in [3.63, 3.8) is 0 Å². The number of hydrogen-bond donors (Lipinski definition) is 1. The minimum atomic E-state index is -0.130. The number of nitrogens with zero attached hydrogens (tertiary/aromatic N) is 2. The van der Waals surface area contributed by atoms with Gasteiger partial charge in [0.15, 0.2) is 0 Å². The molecule has 0 aliphatic carbocycles. The predicted octanol–water partition coefficient (Wildman–Crippen LogP) is 2.25. The molecule has 0 saturated carbocycles. The van der Waals surface area contributed by atoms with Crippen LogP contribution in [0.25, 0.3) is 0 Å². The Labute approximate surface area is 121 Å². The molecule has 20 heavy (non-hydrogen) atoms. The summed E-state index contributed by atoms with van der Waals surface area (Å²) in [5.74, 6) is -0.130. The number of hydrogen-bond acceptors (Lipinski definition) is 3. The van der Waals surface area contributed by atoms with Crippen LogP contribution in [-0.2, 0) is 6.42 Å². The zero-order valence-electron chi connectivity index (χ0n) is 12.8. The van der Waals surface area contributed by atoms with E-state index in [-0.39, 0.29) is 11.9 Å². The molecule has 1 heterocycles. The Morgan fingerprint density at radius 1 is 1.35 bits per heavy atom. The van der Waals surface area contributed by atoms with Gasteiger partial charge in [0.25, 0.3) is 0 Å². The lowest BCUT2D eigenvalue weighted by Crippen LogP contribution is -2.42. The van der Waals surface area contributed by atoms with E-state index in [9.17, 15) is 4.39 Å². The van der Waals surface area contributed by atoms with Gasteiger partial charge in [0.1, 0.15) is 5.82 Å². The third-order valence-corrected chi connectivity index (χ3v) is 4.16. The van der Waals surface area contributed by atoms with E-state index in [0.29, 0.717) is 12.5 Å². The molecule has 2 N–H and O–H groups in total. The van der Waals surface area contributed by atoms with E-state index in [0.717, 1.165) is 37.2 Å². The van der Waals surface area contributed by atoms with Gasteiger partial charge in [0, 0.05) is 36.4 Å². The Hall–Kier alpha value is -1.13. The number of halogens is 1. The van der Waals surface area contributed by atoms with E-state index in [2.05, 4.69) is 23.9 Å². The molecule has 0 bridgehead atoms. The second-order valence-corrected chi connectivity index (χ2v) is 6.10. The predicted molar refractivity (Wildman–Crippen MR) is 82.7 cm³/mol. The number of rotatable bonds is 4. The lowest BCUT2D eigenvalue weighted by atomic mass is 9.99. The largest absolute Gasteiger partial charge is 0.371 e. The molecule has 1 saturated heterocycles. The Kier molecular flexibility index (Phi) is 5.00. The van der Waals surface area contributed by atoms with E-state index in [1.165, 1.54) is 6.07 Å². The zero-order valence-corrected chi connectivity index (χ0v) is 12.8. The SMILES string of the molecule is CC(N)Cc1c(F)cccc1N1CCC(N(C)C)CC1. The van der Waals surface area contributed by atoms with Crippen molar-refractivity contribution in [3.8, 4) is 0 Å².